The van der Waals surface area contributed by atoms with E-state index in [2.05, 4.69) is 29.8 Å². The minimum Gasteiger partial charge on any atom is -0.379 e. The number of anilines is 1. The lowest BCUT2D eigenvalue weighted by Crippen LogP contribution is -2.55. The third kappa shape index (κ3) is 5.00. The number of morpholine rings is 1. The molecule has 3 aromatic heterocycles. The Morgan fingerprint density at radius 3 is 2.63 bits per heavy atom. The fourth-order valence-corrected chi connectivity index (χ4v) is 8.00. The highest BCUT2D eigenvalue weighted by atomic mass is 32.2. The number of rotatable bonds is 7. The van der Waals surface area contributed by atoms with Crippen LogP contribution in [-0.4, -0.2) is 95.2 Å². The molecule has 4 aromatic rings. The van der Waals surface area contributed by atoms with Crippen LogP contribution in [0.25, 0.3) is 27.1 Å². The van der Waals surface area contributed by atoms with Gasteiger partial charge < -0.3 is 9.64 Å². The number of nitrogens with zero attached hydrogens (tertiary/aromatic N) is 8. The molecule has 1 saturated carbocycles. The Kier molecular flexibility index (Phi) is 7.01. The minimum absolute atomic E-state index is 0.0625. The first-order valence-electron chi connectivity index (χ1n) is 13.8. The largest absolute Gasteiger partial charge is 0.379 e. The predicted octanol–water partition coefficient (Wildman–Crippen LogP) is 2.95. The van der Waals surface area contributed by atoms with E-state index in [0.717, 1.165) is 0 Å². The van der Waals surface area contributed by atoms with Crippen LogP contribution in [-0.2, 0) is 14.8 Å². The molecule has 1 N–H and O–H groups in total. The molecular weight excluding hydrogens is 607 g/mol. The quantitative estimate of drug-likeness (QED) is 0.323. The number of nitriles is 1. The first-order chi connectivity index (χ1) is 20.7. The molecule has 2 saturated heterocycles. The van der Waals surface area contributed by atoms with Gasteiger partial charge in [0.15, 0.2) is 10.7 Å². The zero-order valence-corrected chi connectivity index (χ0v) is 24.3. The summed E-state index contributed by atoms with van der Waals surface area (Å²) in [6, 6.07) is 6.16. The van der Waals surface area contributed by atoms with Gasteiger partial charge in [0.2, 0.25) is 15.2 Å². The van der Waals surface area contributed by atoms with Gasteiger partial charge in [0.1, 0.15) is 23.9 Å². The molecule has 1 aliphatic carbocycles. The van der Waals surface area contributed by atoms with Crippen molar-refractivity contribution in [3.05, 3.63) is 29.5 Å². The number of benzene rings is 1. The summed E-state index contributed by atoms with van der Waals surface area (Å²) in [6.07, 6.45) is -1.31. The van der Waals surface area contributed by atoms with E-state index in [4.69, 9.17) is 4.74 Å². The van der Waals surface area contributed by atoms with Crippen LogP contribution in [0.15, 0.2) is 29.4 Å². The van der Waals surface area contributed by atoms with Crippen LogP contribution in [0.1, 0.15) is 30.7 Å². The maximum Gasteiger partial charge on any atom is 0.291 e. The summed E-state index contributed by atoms with van der Waals surface area (Å²) in [5, 5.41) is 17.6. The van der Waals surface area contributed by atoms with Crippen molar-refractivity contribution < 1.29 is 26.3 Å². The van der Waals surface area contributed by atoms with Gasteiger partial charge in [-0.15, -0.1) is 10.2 Å². The average Bonchev–Trinajstić information content (AvgIpc) is 3.44. The molecule has 226 valence electrons. The monoisotopic (exact) mass is 633 g/mol. The summed E-state index contributed by atoms with van der Waals surface area (Å²) < 4.78 is 78.5. The number of hydrogen-bond acceptors (Lipinski definition) is 11. The lowest BCUT2D eigenvalue weighted by Gasteiger charge is -2.42. The summed E-state index contributed by atoms with van der Waals surface area (Å²) in [5.74, 6) is 0.450. The van der Waals surface area contributed by atoms with Gasteiger partial charge in [0.05, 0.1) is 41.6 Å². The molecule has 0 bridgehead atoms. The Bertz CT molecular complexity index is 1850. The molecule has 43 heavy (non-hydrogen) atoms. The Morgan fingerprint density at radius 2 is 1.95 bits per heavy atom. The van der Waals surface area contributed by atoms with E-state index < -0.39 is 33.2 Å². The third-order valence-electron chi connectivity index (χ3n) is 8.23. The molecule has 17 heteroatoms. The number of sulfonamides is 1. The number of halogens is 3. The van der Waals surface area contributed by atoms with Gasteiger partial charge >= 0.3 is 0 Å². The van der Waals surface area contributed by atoms with Gasteiger partial charge in [0, 0.05) is 31.1 Å². The van der Waals surface area contributed by atoms with Gasteiger partial charge in [0.25, 0.3) is 6.43 Å². The number of nitrogens with one attached hydrogen (secondary N) is 1. The Labute approximate surface area is 248 Å². The molecule has 7 rings (SSSR count). The van der Waals surface area contributed by atoms with Crippen molar-refractivity contribution in [1.82, 2.24) is 34.4 Å². The summed E-state index contributed by atoms with van der Waals surface area (Å²) in [4.78, 5) is 12.8. The third-order valence-corrected chi connectivity index (χ3v) is 10.7. The molecule has 3 aliphatic rings. The average molecular weight is 634 g/mol. The normalized spacial score (nSPS) is 22.8. The molecule has 1 unspecified atom stereocenters. The molecule has 0 radical (unpaired) electrons. The van der Waals surface area contributed by atoms with Crippen LogP contribution in [0.3, 0.4) is 0 Å². The van der Waals surface area contributed by atoms with Gasteiger partial charge in [-0.1, -0.05) is 17.4 Å². The molecule has 0 amide bonds. The van der Waals surface area contributed by atoms with Crippen molar-refractivity contribution in [3.8, 4) is 11.2 Å². The smallest absolute Gasteiger partial charge is 0.291 e. The Balaban J connectivity index is 1.34. The zero-order valence-electron chi connectivity index (χ0n) is 22.7. The van der Waals surface area contributed by atoms with Crippen LogP contribution in [0, 0.1) is 11.3 Å². The van der Waals surface area contributed by atoms with Crippen molar-refractivity contribution in [1.29, 1.82) is 5.26 Å². The second kappa shape index (κ2) is 10.6. The predicted molar refractivity (Wildman–Crippen MR) is 151 cm³/mol. The lowest BCUT2D eigenvalue weighted by molar-refractivity contribution is -0.00824. The number of alkyl halides is 3. The van der Waals surface area contributed by atoms with Crippen molar-refractivity contribution >= 4 is 49.1 Å². The standard InChI is InChI=1S/C26H26F3N9O3S2/c27-17-12-37(6-3-18(17)36-7-9-41-10-8-36)22-20-16-2-1-15(43(39,40)35-26(13-30)4-5-26)11-19(16)38(23(20)32-14-31-22)25-34-33-24(42-25)21(28)29/h1-2,11,14,17-18,21,35H,3-10,12H2/t17-,18?/m0/s1. The minimum atomic E-state index is -4.11. The second-order valence-electron chi connectivity index (χ2n) is 10.9. The number of ether oxygens (including phenoxy) is 1. The summed E-state index contributed by atoms with van der Waals surface area (Å²) in [5.41, 5.74) is -0.528. The first kappa shape index (κ1) is 28.3. The first-order valence-corrected chi connectivity index (χ1v) is 16.1. The van der Waals surface area contributed by atoms with E-state index in [-0.39, 0.29) is 22.6 Å². The van der Waals surface area contributed by atoms with Gasteiger partial charge in [-0.2, -0.15) is 9.98 Å². The molecule has 2 atom stereocenters. The summed E-state index contributed by atoms with van der Waals surface area (Å²) in [7, 11) is -4.11. The van der Waals surface area contributed by atoms with Crippen LogP contribution in [0.2, 0.25) is 0 Å². The Hall–Kier alpha value is -3.43. The van der Waals surface area contributed by atoms with E-state index in [1.165, 1.54) is 23.0 Å². The van der Waals surface area contributed by atoms with Crippen LogP contribution >= 0.6 is 11.3 Å². The second-order valence-corrected chi connectivity index (χ2v) is 13.6. The molecule has 0 spiro atoms. The maximum absolute atomic E-state index is 15.6. The summed E-state index contributed by atoms with van der Waals surface area (Å²) >= 11 is 0.656. The Morgan fingerprint density at radius 1 is 1.16 bits per heavy atom. The van der Waals surface area contributed by atoms with Crippen molar-refractivity contribution in [3.63, 3.8) is 0 Å². The van der Waals surface area contributed by atoms with Gasteiger partial charge in [-0.25, -0.2) is 31.6 Å². The SMILES string of the molecule is N#CC1(NS(=O)(=O)c2ccc3c4c(N5CCC(N6CCOCC6)[C@@H](F)C5)ncnc4n(-c4nnc(C(F)F)s4)c3c2)CC1. The van der Waals surface area contributed by atoms with E-state index >= 15 is 4.39 Å². The topological polar surface area (TPSA) is 142 Å². The lowest BCUT2D eigenvalue weighted by atomic mass is 10.0. The zero-order chi connectivity index (χ0) is 29.9. The van der Waals surface area contributed by atoms with Crippen LogP contribution < -0.4 is 9.62 Å². The van der Waals surface area contributed by atoms with E-state index in [1.54, 1.807) is 6.07 Å². The highest BCUT2D eigenvalue weighted by Crippen LogP contribution is 2.40. The molecule has 5 heterocycles. The molecule has 1 aromatic carbocycles. The summed E-state index contributed by atoms with van der Waals surface area (Å²) in [6.45, 7) is 3.10. The maximum atomic E-state index is 15.6. The fraction of sp³-hybridized carbons (Fsp3) is 0.500. The van der Waals surface area contributed by atoms with Crippen LogP contribution in [0.4, 0.5) is 19.0 Å². The van der Waals surface area contributed by atoms with Gasteiger partial charge in [-0.3, -0.25) is 9.47 Å². The highest BCUT2D eigenvalue weighted by Gasteiger charge is 2.47. The van der Waals surface area contributed by atoms with E-state index in [1.807, 2.05) is 11.0 Å². The highest BCUT2D eigenvalue weighted by molar-refractivity contribution is 7.89. The van der Waals surface area contributed by atoms with Crippen LogP contribution in [0.5, 0.6) is 0 Å². The number of aromatic nitrogens is 5. The number of fused-ring (bicyclic) bond motifs is 3. The number of piperidine rings is 1. The van der Waals surface area contributed by atoms with E-state index in [9.17, 15) is 22.5 Å². The molecule has 2 aliphatic heterocycles. The molecule has 3 fully saturated rings. The molecular formula is C26H26F3N9O3S2. The van der Waals surface area contributed by atoms with Crippen molar-refractivity contribution in [2.24, 2.45) is 0 Å². The van der Waals surface area contributed by atoms with Crippen molar-refractivity contribution in [2.45, 2.75) is 48.3 Å². The van der Waals surface area contributed by atoms with E-state index in [0.29, 0.717) is 91.2 Å². The van der Waals surface area contributed by atoms with Crippen molar-refractivity contribution in [2.75, 3.05) is 44.3 Å². The van der Waals surface area contributed by atoms with Gasteiger partial charge in [-0.05, 0) is 31.4 Å². The fourth-order valence-electron chi connectivity index (χ4n) is 5.89. The molecule has 12 nitrogen and oxygen atoms in total. The number of hydrogen-bond donors (Lipinski definition) is 1.